The van der Waals surface area contributed by atoms with Crippen LogP contribution in [0, 0.1) is 11.8 Å². The van der Waals surface area contributed by atoms with Crippen LogP contribution in [0.1, 0.15) is 11.3 Å². The van der Waals surface area contributed by atoms with Gasteiger partial charge >= 0.3 is 0 Å². The monoisotopic (exact) mass is 310 g/mol. The molecule has 3 N–H and O–H groups in total. The first-order chi connectivity index (χ1) is 11.8. The number of anilines is 1. The summed E-state index contributed by atoms with van der Waals surface area (Å²) in [5, 5.41) is 8.14. The first-order valence-corrected chi connectivity index (χ1v) is 7.57. The van der Waals surface area contributed by atoms with Crippen LogP contribution < -0.4 is 5.73 Å². The number of aromatic nitrogens is 3. The van der Waals surface area contributed by atoms with Crippen LogP contribution in [0.15, 0.2) is 66.9 Å². The smallest absolute Gasteiger partial charge is 0.124 e. The van der Waals surface area contributed by atoms with E-state index < -0.39 is 0 Å². The number of nitrogen functional groups attached to an aromatic ring is 1. The second-order valence-corrected chi connectivity index (χ2v) is 5.39. The highest BCUT2D eigenvalue weighted by Crippen LogP contribution is 2.29. The van der Waals surface area contributed by atoms with E-state index in [1.165, 1.54) is 0 Å². The van der Waals surface area contributed by atoms with Crippen molar-refractivity contribution in [3.8, 4) is 23.0 Å². The number of H-pyrrole nitrogens is 1. The van der Waals surface area contributed by atoms with Crippen molar-refractivity contribution in [2.24, 2.45) is 0 Å². The van der Waals surface area contributed by atoms with Crippen LogP contribution >= 0.6 is 0 Å². The average molecular weight is 310 g/mol. The van der Waals surface area contributed by atoms with Crippen molar-refractivity contribution < 1.29 is 0 Å². The van der Waals surface area contributed by atoms with Crippen molar-refractivity contribution in [3.63, 3.8) is 0 Å². The van der Waals surface area contributed by atoms with Crippen molar-refractivity contribution >= 4 is 16.7 Å². The number of hydrogen-bond acceptors (Lipinski definition) is 3. The quantitative estimate of drug-likeness (QED) is 0.528. The number of nitrogens with one attached hydrogen (secondary N) is 1. The van der Waals surface area contributed by atoms with E-state index in [1.54, 1.807) is 6.07 Å². The van der Waals surface area contributed by atoms with Crippen LogP contribution in [0.25, 0.3) is 22.0 Å². The number of aromatic amines is 1. The molecule has 24 heavy (non-hydrogen) atoms. The molecule has 0 aliphatic rings. The number of benzene rings is 2. The number of pyridine rings is 1. The molecule has 0 radical (unpaired) electrons. The molecule has 0 atom stereocenters. The van der Waals surface area contributed by atoms with E-state index in [0.29, 0.717) is 11.5 Å². The molecule has 0 aliphatic carbocycles. The third-order valence-electron chi connectivity index (χ3n) is 3.79. The SMILES string of the molecule is Nc1ccc(-c2cccc3[nH]ncc23)c(C#Cc2ccccc2)n1. The maximum atomic E-state index is 5.87. The highest BCUT2D eigenvalue weighted by atomic mass is 15.1. The predicted octanol–water partition coefficient (Wildman–Crippen LogP) is 3.61. The number of rotatable bonds is 1. The summed E-state index contributed by atoms with van der Waals surface area (Å²) in [5.74, 6) is 6.76. The normalized spacial score (nSPS) is 10.3. The molecule has 4 heteroatoms. The van der Waals surface area contributed by atoms with Crippen molar-refractivity contribution in [2.45, 2.75) is 0 Å². The summed E-state index contributed by atoms with van der Waals surface area (Å²) >= 11 is 0. The average Bonchev–Trinajstić information content (AvgIpc) is 3.10. The van der Waals surface area contributed by atoms with Gasteiger partial charge in [-0.15, -0.1) is 0 Å². The Morgan fingerprint density at radius 2 is 1.71 bits per heavy atom. The summed E-state index contributed by atoms with van der Waals surface area (Å²) < 4.78 is 0. The van der Waals surface area contributed by atoms with Crippen molar-refractivity contribution in [3.05, 3.63) is 78.1 Å². The Morgan fingerprint density at radius 1 is 0.833 bits per heavy atom. The molecule has 0 unspecified atom stereocenters. The predicted molar refractivity (Wildman–Crippen MR) is 96.2 cm³/mol. The molecule has 0 spiro atoms. The molecule has 2 heterocycles. The van der Waals surface area contributed by atoms with E-state index in [-0.39, 0.29) is 0 Å². The molecule has 0 saturated heterocycles. The molecule has 0 aliphatic heterocycles. The molecule has 4 rings (SSSR count). The van der Waals surface area contributed by atoms with Gasteiger partial charge in [0.05, 0.1) is 11.7 Å². The Kier molecular flexibility index (Phi) is 3.45. The summed E-state index contributed by atoms with van der Waals surface area (Å²) in [7, 11) is 0. The van der Waals surface area contributed by atoms with Crippen LogP contribution in [-0.4, -0.2) is 15.2 Å². The summed E-state index contributed by atoms with van der Waals surface area (Å²) in [6.45, 7) is 0. The summed E-state index contributed by atoms with van der Waals surface area (Å²) in [6.07, 6.45) is 1.81. The Morgan fingerprint density at radius 3 is 2.58 bits per heavy atom. The topological polar surface area (TPSA) is 67.6 Å². The lowest BCUT2D eigenvalue weighted by Crippen LogP contribution is -1.95. The number of hydrogen-bond donors (Lipinski definition) is 2. The largest absolute Gasteiger partial charge is 0.384 e. The number of nitrogens with zero attached hydrogens (tertiary/aromatic N) is 2. The molecule has 0 saturated carbocycles. The van der Waals surface area contributed by atoms with Gasteiger partial charge in [0.25, 0.3) is 0 Å². The minimum atomic E-state index is 0.454. The van der Waals surface area contributed by atoms with Gasteiger partial charge in [0.2, 0.25) is 0 Å². The van der Waals surface area contributed by atoms with Gasteiger partial charge in [-0.2, -0.15) is 5.10 Å². The molecule has 2 aromatic heterocycles. The van der Waals surface area contributed by atoms with Gasteiger partial charge in [0, 0.05) is 16.5 Å². The van der Waals surface area contributed by atoms with Crippen molar-refractivity contribution in [2.75, 3.05) is 5.73 Å². The molecule has 0 fully saturated rings. The van der Waals surface area contributed by atoms with E-state index in [0.717, 1.165) is 27.6 Å². The summed E-state index contributed by atoms with van der Waals surface area (Å²) in [6, 6.07) is 19.6. The second kappa shape index (κ2) is 5.90. The van der Waals surface area contributed by atoms with Crippen LogP contribution in [0.4, 0.5) is 5.82 Å². The molecule has 0 bridgehead atoms. The van der Waals surface area contributed by atoms with Crippen LogP contribution in [0.5, 0.6) is 0 Å². The minimum Gasteiger partial charge on any atom is -0.384 e. The molecular formula is C20H14N4. The molecule has 4 aromatic rings. The fourth-order valence-corrected chi connectivity index (χ4v) is 2.64. The maximum absolute atomic E-state index is 5.87. The third kappa shape index (κ3) is 2.59. The van der Waals surface area contributed by atoms with Crippen molar-refractivity contribution in [1.29, 1.82) is 0 Å². The number of fused-ring (bicyclic) bond motifs is 1. The molecule has 4 nitrogen and oxygen atoms in total. The fraction of sp³-hybridized carbons (Fsp3) is 0. The van der Waals surface area contributed by atoms with E-state index in [9.17, 15) is 0 Å². The van der Waals surface area contributed by atoms with Crippen LogP contribution in [0.2, 0.25) is 0 Å². The van der Waals surface area contributed by atoms with E-state index in [2.05, 4.69) is 27.0 Å². The van der Waals surface area contributed by atoms with Crippen LogP contribution in [0.3, 0.4) is 0 Å². The van der Waals surface area contributed by atoms with E-state index in [4.69, 9.17) is 5.73 Å². The zero-order valence-electron chi connectivity index (χ0n) is 12.8. The number of nitrogens with two attached hydrogens (primary N) is 1. The summed E-state index contributed by atoms with van der Waals surface area (Å²) in [4.78, 5) is 4.43. The standard InChI is InChI=1S/C20H14N4/c21-20-12-10-16(15-7-4-8-19-17(15)13-22-24-19)18(23-20)11-9-14-5-2-1-3-6-14/h1-8,10,12-13H,(H2,21,23)(H,22,24). The van der Waals surface area contributed by atoms with Gasteiger partial charge in [-0.05, 0) is 41.8 Å². The van der Waals surface area contributed by atoms with Gasteiger partial charge in [-0.3, -0.25) is 5.10 Å². The Labute approximate surface area is 139 Å². The second-order valence-electron chi connectivity index (χ2n) is 5.39. The highest BCUT2D eigenvalue weighted by molar-refractivity contribution is 5.95. The minimum absolute atomic E-state index is 0.454. The lowest BCUT2D eigenvalue weighted by atomic mass is 10.0. The Bertz CT molecular complexity index is 1070. The zero-order chi connectivity index (χ0) is 16.4. The van der Waals surface area contributed by atoms with Crippen molar-refractivity contribution in [1.82, 2.24) is 15.2 Å². The van der Waals surface area contributed by atoms with Crippen LogP contribution in [-0.2, 0) is 0 Å². The Balaban J connectivity index is 1.88. The highest BCUT2D eigenvalue weighted by Gasteiger charge is 2.10. The first-order valence-electron chi connectivity index (χ1n) is 7.57. The van der Waals surface area contributed by atoms with Gasteiger partial charge in [-0.25, -0.2) is 4.98 Å². The maximum Gasteiger partial charge on any atom is 0.124 e. The first kappa shape index (κ1) is 14.0. The lowest BCUT2D eigenvalue weighted by molar-refractivity contribution is 1.12. The van der Waals surface area contributed by atoms with Gasteiger partial charge in [0.15, 0.2) is 0 Å². The van der Waals surface area contributed by atoms with Gasteiger partial charge in [-0.1, -0.05) is 36.3 Å². The molecule has 114 valence electrons. The van der Waals surface area contributed by atoms with Gasteiger partial charge in [0.1, 0.15) is 11.5 Å². The van der Waals surface area contributed by atoms with E-state index >= 15 is 0 Å². The lowest BCUT2D eigenvalue weighted by Gasteiger charge is -2.06. The third-order valence-corrected chi connectivity index (χ3v) is 3.79. The van der Waals surface area contributed by atoms with Gasteiger partial charge < -0.3 is 5.73 Å². The van der Waals surface area contributed by atoms with E-state index in [1.807, 2.05) is 60.8 Å². The Hall–Kier alpha value is -3.58. The fourth-order valence-electron chi connectivity index (χ4n) is 2.64. The molecule has 0 amide bonds. The zero-order valence-corrected chi connectivity index (χ0v) is 12.8. The summed E-state index contributed by atoms with van der Waals surface area (Å²) in [5.41, 5.74) is 10.4. The molecule has 2 aromatic carbocycles. The molecular weight excluding hydrogens is 296 g/mol.